The fraction of sp³-hybridized carbons (Fsp3) is 0.316. The molecule has 0 unspecified atom stereocenters. The molecule has 24 heavy (non-hydrogen) atoms. The Balaban J connectivity index is 2.28. The third kappa shape index (κ3) is 4.63. The zero-order valence-corrected chi connectivity index (χ0v) is 16.3. The normalized spacial score (nSPS) is 10.3. The van der Waals surface area contributed by atoms with Crippen LogP contribution in [0.4, 0.5) is 0 Å². The molecular formula is C19H21IO4. The number of esters is 1. The number of halogens is 1. The number of rotatable bonds is 7. The number of hydrogen-bond acceptors (Lipinski definition) is 4. The van der Waals surface area contributed by atoms with Crippen LogP contribution in [0.5, 0.6) is 11.5 Å². The number of benzene rings is 2. The smallest absolute Gasteiger partial charge is 0.338 e. The molecule has 0 N–H and O–H groups in total. The van der Waals surface area contributed by atoms with E-state index in [0.29, 0.717) is 36.9 Å². The molecule has 0 aliphatic rings. The Labute approximate surface area is 156 Å². The zero-order valence-electron chi connectivity index (χ0n) is 14.1. The molecule has 2 rings (SSSR count). The highest BCUT2D eigenvalue weighted by Crippen LogP contribution is 2.35. The van der Waals surface area contributed by atoms with E-state index in [1.165, 1.54) is 5.56 Å². The van der Waals surface area contributed by atoms with Gasteiger partial charge in [-0.05, 0) is 66.6 Å². The summed E-state index contributed by atoms with van der Waals surface area (Å²) in [5.74, 6) is 0.844. The summed E-state index contributed by atoms with van der Waals surface area (Å²) in [7, 11) is 0. The lowest BCUT2D eigenvalue weighted by Gasteiger charge is -2.16. The van der Waals surface area contributed by atoms with Crippen molar-refractivity contribution in [3.05, 3.63) is 56.7 Å². The second-order valence-corrected chi connectivity index (χ2v) is 6.32. The summed E-state index contributed by atoms with van der Waals surface area (Å²) in [6.45, 7) is 7.01. The monoisotopic (exact) mass is 440 g/mol. The first-order valence-corrected chi connectivity index (χ1v) is 8.95. The topological polar surface area (TPSA) is 44.8 Å². The van der Waals surface area contributed by atoms with Gasteiger partial charge in [0, 0.05) is 0 Å². The van der Waals surface area contributed by atoms with Crippen molar-refractivity contribution in [3.8, 4) is 11.5 Å². The van der Waals surface area contributed by atoms with Crippen molar-refractivity contribution in [2.24, 2.45) is 0 Å². The molecule has 0 saturated carbocycles. The number of aryl methyl sites for hydroxylation is 1. The molecule has 0 amide bonds. The highest BCUT2D eigenvalue weighted by Gasteiger charge is 2.17. The Hall–Kier alpha value is -1.76. The molecule has 0 aromatic heterocycles. The van der Waals surface area contributed by atoms with Gasteiger partial charge in [-0.1, -0.05) is 24.3 Å². The fourth-order valence-electron chi connectivity index (χ4n) is 2.23. The van der Waals surface area contributed by atoms with Gasteiger partial charge in [-0.3, -0.25) is 0 Å². The van der Waals surface area contributed by atoms with Crippen LogP contribution in [0.25, 0.3) is 0 Å². The van der Waals surface area contributed by atoms with E-state index in [9.17, 15) is 4.79 Å². The van der Waals surface area contributed by atoms with E-state index in [4.69, 9.17) is 14.2 Å². The van der Waals surface area contributed by atoms with Crippen molar-refractivity contribution in [2.75, 3.05) is 13.2 Å². The van der Waals surface area contributed by atoms with Crippen molar-refractivity contribution in [2.45, 2.75) is 27.4 Å². The molecule has 0 atom stereocenters. The maximum absolute atomic E-state index is 12.0. The summed E-state index contributed by atoms with van der Waals surface area (Å²) in [4.78, 5) is 12.0. The van der Waals surface area contributed by atoms with Gasteiger partial charge < -0.3 is 14.2 Å². The molecule has 2 aromatic rings. The van der Waals surface area contributed by atoms with Gasteiger partial charge in [0.15, 0.2) is 11.5 Å². The second-order valence-electron chi connectivity index (χ2n) is 5.15. The summed E-state index contributed by atoms with van der Waals surface area (Å²) >= 11 is 2.15. The lowest BCUT2D eigenvalue weighted by atomic mass is 10.1. The van der Waals surface area contributed by atoms with Crippen molar-refractivity contribution in [1.29, 1.82) is 0 Å². The molecular weight excluding hydrogens is 419 g/mol. The minimum Gasteiger partial charge on any atom is -0.490 e. The third-order valence-electron chi connectivity index (χ3n) is 3.45. The first-order valence-electron chi connectivity index (χ1n) is 7.87. The van der Waals surface area contributed by atoms with Crippen LogP contribution in [0.3, 0.4) is 0 Å². The van der Waals surface area contributed by atoms with Gasteiger partial charge in [-0.2, -0.15) is 0 Å². The number of hydrogen-bond donors (Lipinski definition) is 0. The van der Waals surface area contributed by atoms with Crippen molar-refractivity contribution < 1.29 is 19.0 Å². The Bertz CT molecular complexity index is 713. The molecule has 0 aliphatic heterocycles. The SMILES string of the molecule is CCOC(=O)c1cc(I)c(OCc2ccccc2C)c(OCC)c1. The highest BCUT2D eigenvalue weighted by molar-refractivity contribution is 14.1. The largest absolute Gasteiger partial charge is 0.490 e. The van der Waals surface area contributed by atoms with Crippen LogP contribution in [0, 0.1) is 10.5 Å². The molecule has 0 spiro atoms. The summed E-state index contributed by atoms with van der Waals surface area (Å²) in [6.07, 6.45) is 0. The molecule has 2 aromatic carbocycles. The van der Waals surface area contributed by atoms with Crippen molar-refractivity contribution in [1.82, 2.24) is 0 Å². The fourth-order valence-corrected chi connectivity index (χ4v) is 2.98. The maximum atomic E-state index is 12.0. The van der Waals surface area contributed by atoms with Crippen molar-refractivity contribution in [3.63, 3.8) is 0 Å². The molecule has 4 nitrogen and oxygen atoms in total. The Morgan fingerprint density at radius 3 is 2.50 bits per heavy atom. The van der Waals surface area contributed by atoms with E-state index in [0.717, 1.165) is 9.13 Å². The van der Waals surface area contributed by atoms with E-state index in [2.05, 4.69) is 35.6 Å². The standard InChI is InChI=1S/C19H21IO4/c1-4-22-17-11-15(19(21)23-5-2)10-16(20)18(17)24-12-14-9-7-6-8-13(14)3/h6-11H,4-5,12H2,1-3H3. The van der Waals surface area contributed by atoms with Crippen LogP contribution >= 0.6 is 22.6 Å². The lowest BCUT2D eigenvalue weighted by Crippen LogP contribution is -2.08. The van der Waals surface area contributed by atoms with E-state index in [1.807, 2.05) is 25.1 Å². The lowest BCUT2D eigenvalue weighted by molar-refractivity contribution is 0.0525. The van der Waals surface area contributed by atoms with Crippen LogP contribution in [0.1, 0.15) is 35.3 Å². The van der Waals surface area contributed by atoms with E-state index in [1.54, 1.807) is 19.1 Å². The summed E-state index contributed by atoms with van der Waals surface area (Å²) in [5.41, 5.74) is 2.76. The van der Waals surface area contributed by atoms with Gasteiger partial charge in [-0.15, -0.1) is 0 Å². The van der Waals surface area contributed by atoms with Gasteiger partial charge in [0.1, 0.15) is 6.61 Å². The zero-order chi connectivity index (χ0) is 17.5. The van der Waals surface area contributed by atoms with Gasteiger partial charge in [0.25, 0.3) is 0 Å². The second kappa shape index (κ2) is 8.92. The van der Waals surface area contributed by atoms with Crippen molar-refractivity contribution >= 4 is 28.6 Å². The number of ether oxygens (including phenoxy) is 3. The molecule has 128 valence electrons. The van der Waals surface area contributed by atoms with E-state index >= 15 is 0 Å². The molecule has 0 heterocycles. The Morgan fingerprint density at radius 1 is 1.08 bits per heavy atom. The molecule has 0 radical (unpaired) electrons. The van der Waals surface area contributed by atoms with Gasteiger partial charge >= 0.3 is 5.97 Å². The average molecular weight is 440 g/mol. The minimum atomic E-state index is -0.359. The molecule has 0 saturated heterocycles. The molecule has 0 fully saturated rings. The predicted molar refractivity (Wildman–Crippen MR) is 102 cm³/mol. The Kier molecular flexibility index (Phi) is 6.90. The summed E-state index contributed by atoms with van der Waals surface area (Å²) < 4.78 is 17.5. The van der Waals surface area contributed by atoms with Crippen LogP contribution in [-0.2, 0) is 11.3 Å². The van der Waals surface area contributed by atoms with Crippen LogP contribution in [0.15, 0.2) is 36.4 Å². The van der Waals surface area contributed by atoms with Gasteiger partial charge in [0.05, 0.1) is 22.3 Å². The first kappa shape index (κ1) is 18.6. The van der Waals surface area contributed by atoms with Crippen LogP contribution in [-0.4, -0.2) is 19.2 Å². The minimum absolute atomic E-state index is 0.338. The predicted octanol–water partition coefficient (Wildman–Crippen LogP) is 4.75. The molecule has 5 heteroatoms. The average Bonchev–Trinajstić information content (AvgIpc) is 2.56. The van der Waals surface area contributed by atoms with Crippen LogP contribution < -0.4 is 9.47 Å². The van der Waals surface area contributed by atoms with Gasteiger partial charge in [-0.25, -0.2) is 4.79 Å². The van der Waals surface area contributed by atoms with Crippen LogP contribution in [0.2, 0.25) is 0 Å². The summed E-state index contributed by atoms with van der Waals surface area (Å²) in [5, 5.41) is 0. The Morgan fingerprint density at radius 2 is 1.83 bits per heavy atom. The quantitative estimate of drug-likeness (QED) is 0.461. The number of carbonyl (C=O) groups is 1. The first-order chi connectivity index (χ1) is 11.6. The van der Waals surface area contributed by atoms with E-state index in [-0.39, 0.29) is 5.97 Å². The maximum Gasteiger partial charge on any atom is 0.338 e. The molecule has 0 aliphatic carbocycles. The summed E-state index contributed by atoms with van der Waals surface area (Å²) in [6, 6.07) is 11.5. The third-order valence-corrected chi connectivity index (χ3v) is 4.26. The highest BCUT2D eigenvalue weighted by atomic mass is 127. The van der Waals surface area contributed by atoms with Gasteiger partial charge in [0.2, 0.25) is 0 Å². The molecule has 0 bridgehead atoms. The van der Waals surface area contributed by atoms with E-state index < -0.39 is 0 Å². The number of carbonyl (C=O) groups excluding carboxylic acids is 1.